The fourth-order valence-electron chi connectivity index (χ4n) is 2.17. The van der Waals surface area contributed by atoms with Gasteiger partial charge in [0.05, 0.1) is 17.7 Å². The zero-order chi connectivity index (χ0) is 18.1. The van der Waals surface area contributed by atoms with Crippen molar-refractivity contribution in [1.82, 2.24) is 15.6 Å². The first kappa shape index (κ1) is 18.9. The summed E-state index contributed by atoms with van der Waals surface area (Å²) in [6.07, 6.45) is 3.52. The van der Waals surface area contributed by atoms with Crippen LogP contribution in [0.1, 0.15) is 26.3 Å². The summed E-state index contributed by atoms with van der Waals surface area (Å²) < 4.78 is 4.88. The van der Waals surface area contributed by atoms with Crippen molar-refractivity contribution < 1.29 is 14.3 Å². The van der Waals surface area contributed by atoms with Crippen molar-refractivity contribution in [2.45, 2.75) is 6.42 Å². The summed E-state index contributed by atoms with van der Waals surface area (Å²) in [6, 6.07) is 9.00. The molecule has 0 unspecified atom stereocenters. The summed E-state index contributed by atoms with van der Waals surface area (Å²) in [5.74, 6) is -0.570. The van der Waals surface area contributed by atoms with Crippen LogP contribution in [-0.4, -0.2) is 43.6 Å². The van der Waals surface area contributed by atoms with Crippen LogP contribution in [0.25, 0.3) is 0 Å². The minimum atomic E-state index is -0.293. The highest BCUT2D eigenvalue weighted by Gasteiger charge is 2.11. The number of methoxy groups -OCH3 is 1. The molecular weight excluding hydrogens is 342 g/mol. The standard InChI is InChI=1S/C18H20ClN3O3/c1-25-8-7-22-18(24)15-10-14(11-20-12-15)17(23)21-6-5-13-3-2-4-16(19)9-13/h2-4,9-12H,5-8H2,1H3,(H,21,23)(H,22,24). The van der Waals surface area contributed by atoms with Gasteiger partial charge in [-0.2, -0.15) is 0 Å². The summed E-state index contributed by atoms with van der Waals surface area (Å²) in [7, 11) is 1.56. The highest BCUT2D eigenvalue weighted by molar-refractivity contribution is 6.30. The Morgan fingerprint density at radius 2 is 1.76 bits per heavy atom. The van der Waals surface area contributed by atoms with Gasteiger partial charge in [0.1, 0.15) is 0 Å². The molecule has 0 radical (unpaired) electrons. The van der Waals surface area contributed by atoms with Crippen molar-refractivity contribution in [3.63, 3.8) is 0 Å². The van der Waals surface area contributed by atoms with Crippen molar-refractivity contribution in [1.29, 1.82) is 0 Å². The van der Waals surface area contributed by atoms with Gasteiger partial charge in [0, 0.05) is 37.6 Å². The number of rotatable bonds is 8. The lowest BCUT2D eigenvalue weighted by atomic mass is 10.1. The van der Waals surface area contributed by atoms with Gasteiger partial charge in [0.25, 0.3) is 11.8 Å². The quantitative estimate of drug-likeness (QED) is 0.705. The minimum Gasteiger partial charge on any atom is -0.383 e. The third kappa shape index (κ3) is 6.17. The second-order valence-electron chi connectivity index (χ2n) is 5.35. The molecule has 0 saturated heterocycles. The van der Waals surface area contributed by atoms with E-state index in [9.17, 15) is 9.59 Å². The second kappa shape index (κ2) is 9.76. The van der Waals surface area contributed by atoms with Crippen LogP contribution in [0, 0.1) is 0 Å². The minimum absolute atomic E-state index is 0.277. The number of halogens is 1. The molecule has 0 aliphatic heterocycles. The number of benzene rings is 1. The maximum Gasteiger partial charge on any atom is 0.252 e. The number of hydrogen-bond donors (Lipinski definition) is 2. The van der Waals surface area contributed by atoms with E-state index in [1.54, 1.807) is 13.2 Å². The van der Waals surface area contributed by atoms with E-state index in [-0.39, 0.29) is 11.8 Å². The van der Waals surface area contributed by atoms with Gasteiger partial charge in [-0.05, 0) is 30.2 Å². The van der Waals surface area contributed by atoms with Crippen molar-refractivity contribution in [3.05, 3.63) is 64.4 Å². The first-order valence-corrected chi connectivity index (χ1v) is 8.23. The molecule has 0 fully saturated rings. The average Bonchev–Trinajstić information content (AvgIpc) is 2.62. The van der Waals surface area contributed by atoms with E-state index in [0.717, 1.165) is 5.56 Å². The fourth-order valence-corrected chi connectivity index (χ4v) is 2.38. The Balaban J connectivity index is 1.88. The largest absolute Gasteiger partial charge is 0.383 e. The molecule has 1 aromatic carbocycles. The number of nitrogens with zero attached hydrogens (tertiary/aromatic N) is 1. The lowest BCUT2D eigenvalue weighted by Gasteiger charge is -2.08. The number of pyridine rings is 1. The molecule has 0 saturated carbocycles. The van der Waals surface area contributed by atoms with Crippen molar-refractivity contribution in [3.8, 4) is 0 Å². The first-order valence-electron chi connectivity index (χ1n) is 7.85. The molecule has 0 spiro atoms. The number of carbonyl (C=O) groups is 2. The topological polar surface area (TPSA) is 80.3 Å². The van der Waals surface area contributed by atoms with Gasteiger partial charge >= 0.3 is 0 Å². The molecule has 6 nitrogen and oxygen atoms in total. The molecule has 1 heterocycles. The van der Waals surface area contributed by atoms with E-state index in [1.807, 2.05) is 18.2 Å². The summed E-state index contributed by atoms with van der Waals surface area (Å²) in [4.78, 5) is 28.1. The third-order valence-corrected chi connectivity index (χ3v) is 3.68. The molecule has 0 atom stereocenters. The zero-order valence-electron chi connectivity index (χ0n) is 13.9. The Kier molecular flexibility index (Phi) is 7.37. The Morgan fingerprint density at radius 3 is 2.40 bits per heavy atom. The summed E-state index contributed by atoms with van der Waals surface area (Å²) >= 11 is 5.93. The fraction of sp³-hybridized carbons (Fsp3) is 0.278. The van der Waals surface area contributed by atoms with Gasteiger partial charge in [-0.25, -0.2) is 0 Å². The van der Waals surface area contributed by atoms with Gasteiger partial charge in [-0.1, -0.05) is 23.7 Å². The molecule has 2 amide bonds. The van der Waals surface area contributed by atoms with Gasteiger partial charge in [0.2, 0.25) is 0 Å². The van der Waals surface area contributed by atoms with Crippen molar-refractivity contribution in [2.75, 3.05) is 26.8 Å². The van der Waals surface area contributed by atoms with Crippen LogP contribution in [0.5, 0.6) is 0 Å². The van der Waals surface area contributed by atoms with E-state index in [2.05, 4.69) is 15.6 Å². The molecular formula is C18H20ClN3O3. The molecule has 0 bridgehead atoms. The molecule has 1 aromatic heterocycles. The number of aromatic nitrogens is 1. The number of amides is 2. The first-order chi connectivity index (χ1) is 12.1. The molecule has 2 aromatic rings. The second-order valence-corrected chi connectivity index (χ2v) is 5.78. The summed E-state index contributed by atoms with van der Waals surface area (Å²) in [5.41, 5.74) is 1.71. The smallest absolute Gasteiger partial charge is 0.252 e. The SMILES string of the molecule is COCCNC(=O)c1cncc(C(=O)NCCc2cccc(Cl)c2)c1. The van der Waals surface area contributed by atoms with E-state index < -0.39 is 0 Å². The van der Waals surface area contributed by atoms with Crippen LogP contribution in [0.15, 0.2) is 42.7 Å². The van der Waals surface area contributed by atoms with Crippen LogP contribution >= 0.6 is 11.6 Å². The number of hydrogen-bond acceptors (Lipinski definition) is 4. The molecule has 7 heteroatoms. The predicted molar refractivity (Wildman–Crippen MR) is 95.9 cm³/mol. The molecule has 0 aliphatic rings. The summed E-state index contributed by atoms with van der Waals surface area (Å²) in [6.45, 7) is 1.28. The Labute approximate surface area is 151 Å². The van der Waals surface area contributed by atoms with Gasteiger partial charge in [-0.3, -0.25) is 14.6 Å². The van der Waals surface area contributed by atoms with E-state index in [1.165, 1.54) is 18.5 Å². The van der Waals surface area contributed by atoms with Crippen molar-refractivity contribution >= 4 is 23.4 Å². The number of nitrogens with one attached hydrogen (secondary N) is 2. The normalized spacial score (nSPS) is 10.3. The van der Waals surface area contributed by atoms with Gasteiger partial charge in [0.15, 0.2) is 0 Å². The predicted octanol–water partition coefficient (Wildman–Crippen LogP) is 2.08. The van der Waals surface area contributed by atoms with Gasteiger partial charge in [-0.15, -0.1) is 0 Å². The van der Waals surface area contributed by atoms with Crippen LogP contribution in [-0.2, 0) is 11.2 Å². The average molecular weight is 362 g/mol. The highest BCUT2D eigenvalue weighted by Crippen LogP contribution is 2.10. The van der Waals surface area contributed by atoms with Crippen molar-refractivity contribution in [2.24, 2.45) is 0 Å². The Morgan fingerprint density at radius 1 is 1.08 bits per heavy atom. The monoisotopic (exact) mass is 361 g/mol. The van der Waals surface area contributed by atoms with Crippen LogP contribution in [0.2, 0.25) is 5.02 Å². The lowest BCUT2D eigenvalue weighted by molar-refractivity contribution is 0.0936. The maximum atomic E-state index is 12.2. The van der Waals surface area contributed by atoms with Gasteiger partial charge < -0.3 is 15.4 Å². The molecule has 0 aliphatic carbocycles. The molecule has 2 rings (SSSR count). The Bertz CT molecular complexity index is 737. The van der Waals surface area contributed by atoms with E-state index in [0.29, 0.717) is 42.3 Å². The number of ether oxygens (including phenoxy) is 1. The van der Waals surface area contributed by atoms with Crippen LogP contribution in [0.4, 0.5) is 0 Å². The maximum absolute atomic E-state index is 12.2. The van der Waals surface area contributed by atoms with Crippen LogP contribution < -0.4 is 10.6 Å². The highest BCUT2D eigenvalue weighted by atomic mass is 35.5. The Hall–Kier alpha value is -2.44. The summed E-state index contributed by atoms with van der Waals surface area (Å²) in [5, 5.41) is 6.17. The molecule has 2 N–H and O–H groups in total. The third-order valence-electron chi connectivity index (χ3n) is 3.44. The molecule has 132 valence electrons. The van der Waals surface area contributed by atoms with Crippen LogP contribution in [0.3, 0.4) is 0 Å². The zero-order valence-corrected chi connectivity index (χ0v) is 14.7. The van der Waals surface area contributed by atoms with E-state index in [4.69, 9.17) is 16.3 Å². The number of carbonyl (C=O) groups excluding carboxylic acids is 2. The van der Waals surface area contributed by atoms with E-state index >= 15 is 0 Å². The lowest BCUT2D eigenvalue weighted by Crippen LogP contribution is -2.28. The molecule has 25 heavy (non-hydrogen) atoms.